The first-order valence-electron chi connectivity index (χ1n) is 9.72. The van der Waals surface area contributed by atoms with Crippen molar-refractivity contribution in [3.63, 3.8) is 0 Å². The fourth-order valence-electron chi connectivity index (χ4n) is 3.22. The normalized spacial score (nSPS) is 11.7. The van der Waals surface area contributed by atoms with E-state index >= 15 is 0 Å². The Morgan fingerprint density at radius 2 is 1.67 bits per heavy atom. The Hall–Kier alpha value is -2.62. The maximum atomic E-state index is 13.1. The molecular weight excluding hydrogens is 336 g/mol. The molecule has 2 rings (SSSR count). The van der Waals surface area contributed by atoms with Crippen LogP contribution in [-0.4, -0.2) is 29.3 Å². The first kappa shape index (κ1) is 20.7. The maximum absolute atomic E-state index is 13.1. The maximum Gasteiger partial charge on any atom is 0.242 e. The molecule has 2 aromatic carbocycles. The zero-order chi connectivity index (χ0) is 19.6. The molecule has 0 fully saturated rings. The average Bonchev–Trinajstić information content (AvgIpc) is 2.68. The molecule has 2 aromatic rings. The van der Waals surface area contributed by atoms with Gasteiger partial charge in [0.05, 0.1) is 0 Å². The number of carbonyl (C=O) groups excluding carboxylic acids is 2. The summed E-state index contributed by atoms with van der Waals surface area (Å²) in [6.45, 7) is 6.90. The van der Waals surface area contributed by atoms with Crippen LogP contribution in [0.2, 0.25) is 0 Å². The van der Waals surface area contributed by atoms with Crippen molar-refractivity contribution < 1.29 is 9.59 Å². The van der Waals surface area contributed by atoms with Gasteiger partial charge in [0.15, 0.2) is 0 Å². The Kier molecular flexibility index (Phi) is 8.05. The van der Waals surface area contributed by atoms with Gasteiger partial charge in [-0.3, -0.25) is 9.59 Å². The van der Waals surface area contributed by atoms with Crippen molar-refractivity contribution in [2.45, 2.75) is 52.6 Å². The van der Waals surface area contributed by atoms with Gasteiger partial charge < -0.3 is 10.2 Å². The van der Waals surface area contributed by atoms with Gasteiger partial charge in [0.2, 0.25) is 11.8 Å². The quantitative estimate of drug-likeness (QED) is 0.732. The zero-order valence-corrected chi connectivity index (χ0v) is 16.6. The second-order valence-corrected chi connectivity index (χ2v) is 6.75. The van der Waals surface area contributed by atoms with Crippen molar-refractivity contribution in [2.75, 3.05) is 6.54 Å². The van der Waals surface area contributed by atoms with Crippen molar-refractivity contribution in [3.05, 3.63) is 71.3 Å². The lowest BCUT2D eigenvalue weighted by atomic mass is 10.0. The standard InChI is InChI=1S/C23H30N2O2/c1-4-21(23(27)24-5-2)25(17-20-14-10-9-11-18(20)3)22(26)16-15-19-12-7-6-8-13-19/h6-14,21H,4-5,15-17H2,1-3H3,(H,24,27). The molecule has 0 aromatic heterocycles. The van der Waals surface area contributed by atoms with E-state index in [0.29, 0.717) is 32.4 Å². The van der Waals surface area contributed by atoms with Gasteiger partial charge >= 0.3 is 0 Å². The monoisotopic (exact) mass is 366 g/mol. The van der Waals surface area contributed by atoms with Crippen molar-refractivity contribution >= 4 is 11.8 Å². The Morgan fingerprint density at radius 3 is 2.30 bits per heavy atom. The number of likely N-dealkylation sites (N-methyl/N-ethyl adjacent to an activating group) is 1. The summed E-state index contributed by atoms with van der Waals surface area (Å²) < 4.78 is 0. The number of nitrogens with zero attached hydrogens (tertiary/aromatic N) is 1. The lowest BCUT2D eigenvalue weighted by molar-refractivity contribution is -0.141. The zero-order valence-electron chi connectivity index (χ0n) is 16.6. The van der Waals surface area contributed by atoms with Gasteiger partial charge in [-0.25, -0.2) is 0 Å². The third-order valence-corrected chi connectivity index (χ3v) is 4.81. The molecular formula is C23H30N2O2. The lowest BCUT2D eigenvalue weighted by Crippen LogP contribution is -2.49. The third-order valence-electron chi connectivity index (χ3n) is 4.81. The molecule has 0 spiro atoms. The number of aryl methyl sites for hydroxylation is 2. The number of nitrogens with one attached hydrogen (secondary N) is 1. The van der Waals surface area contributed by atoms with Gasteiger partial charge in [0.1, 0.15) is 6.04 Å². The van der Waals surface area contributed by atoms with Crippen LogP contribution in [0.25, 0.3) is 0 Å². The predicted octanol–water partition coefficient (Wildman–Crippen LogP) is 3.87. The SMILES string of the molecule is CCNC(=O)C(CC)N(Cc1ccccc1C)C(=O)CCc1ccccc1. The van der Waals surface area contributed by atoms with E-state index in [0.717, 1.165) is 16.7 Å². The fraction of sp³-hybridized carbons (Fsp3) is 0.391. The van der Waals surface area contributed by atoms with Crippen LogP contribution in [0.15, 0.2) is 54.6 Å². The first-order valence-corrected chi connectivity index (χ1v) is 9.72. The van der Waals surface area contributed by atoms with E-state index in [1.165, 1.54) is 0 Å². The average molecular weight is 367 g/mol. The van der Waals surface area contributed by atoms with E-state index in [-0.39, 0.29) is 11.8 Å². The molecule has 0 saturated carbocycles. The topological polar surface area (TPSA) is 49.4 Å². The summed E-state index contributed by atoms with van der Waals surface area (Å²) in [5.74, 6) is -0.0677. The lowest BCUT2D eigenvalue weighted by Gasteiger charge is -2.31. The van der Waals surface area contributed by atoms with E-state index in [2.05, 4.69) is 5.32 Å². The molecule has 144 valence electrons. The van der Waals surface area contributed by atoms with Crippen molar-refractivity contribution in [2.24, 2.45) is 0 Å². The minimum atomic E-state index is -0.451. The molecule has 1 N–H and O–H groups in total. The van der Waals surface area contributed by atoms with Crippen LogP contribution < -0.4 is 5.32 Å². The van der Waals surface area contributed by atoms with E-state index in [1.807, 2.05) is 75.4 Å². The molecule has 0 saturated heterocycles. The Morgan fingerprint density at radius 1 is 1.00 bits per heavy atom. The Labute approximate surface area is 162 Å². The predicted molar refractivity (Wildman–Crippen MR) is 109 cm³/mol. The molecule has 2 amide bonds. The molecule has 4 heteroatoms. The van der Waals surface area contributed by atoms with Gasteiger partial charge in [-0.15, -0.1) is 0 Å². The van der Waals surface area contributed by atoms with Gasteiger partial charge in [0, 0.05) is 19.5 Å². The molecule has 0 heterocycles. The van der Waals surface area contributed by atoms with Gasteiger partial charge in [-0.2, -0.15) is 0 Å². The van der Waals surface area contributed by atoms with Gasteiger partial charge in [-0.1, -0.05) is 61.5 Å². The summed E-state index contributed by atoms with van der Waals surface area (Å²) in [6.07, 6.45) is 1.66. The first-order chi connectivity index (χ1) is 13.1. The van der Waals surface area contributed by atoms with Crippen LogP contribution in [0, 0.1) is 6.92 Å². The highest BCUT2D eigenvalue weighted by molar-refractivity contribution is 5.87. The highest BCUT2D eigenvalue weighted by Gasteiger charge is 2.28. The largest absolute Gasteiger partial charge is 0.355 e. The summed E-state index contributed by atoms with van der Waals surface area (Å²) >= 11 is 0. The van der Waals surface area contributed by atoms with Crippen LogP contribution in [0.1, 0.15) is 43.4 Å². The van der Waals surface area contributed by atoms with Gasteiger partial charge in [0.25, 0.3) is 0 Å². The molecule has 27 heavy (non-hydrogen) atoms. The second-order valence-electron chi connectivity index (χ2n) is 6.75. The number of amides is 2. The van der Waals surface area contributed by atoms with E-state index in [1.54, 1.807) is 4.90 Å². The Balaban J connectivity index is 2.20. The minimum absolute atomic E-state index is 0.0141. The molecule has 1 unspecified atom stereocenters. The fourth-order valence-corrected chi connectivity index (χ4v) is 3.22. The molecule has 0 radical (unpaired) electrons. The second kappa shape index (κ2) is 10.5. The number of hydrogen-bond acceptors (Lipinski definition) is 2. The number of hydrogen-bond donors (Lipinski definition) is 1. The van der Waals surface area contributed by atoms with Crippen LogP contribution in [0.5, 0.6) is 0 Å². The summed E-state index contributed by atoms with van der Waals surface area (Å²) in [4.78, 5) is 27.4. The molecule has 0 bridgehead atoms. The Bertz CT molecular complexity index is 743. The summed E-state index contributed by atoms with van der Waals surface area (Å²) in [5, 5.41) is 2.87. The molecule has 0 aliphatic carbocycles. The van der Waals surface area contributed by atoms with E-state index in [4.69, 9.17) is 0 Å². The van der Waals surface area contributed by atoms with Crippen LogP contribution in [0.4, 0.5) is 0 Å². The number of carbonyl (C=O) groups is 2. The summed E-state index contributed by atoms with van der Waals surface area (Å²) in [7, 11) is 0. The molecule has 4 nitrogen and oxygen atoms in total. The van der Waals surface area contributed by atoms with Crippen molar-refractivity contribution in [3.8, 4) is 0 Å². The minimum Gasteiger partial charge on any atom is -0.355 e. The highest BCUT2D eigenvalue weighted by Crippen LogP contribution is 2.17. The summed E-state index contributed by atoms with van der Waals surface area (Å²) in [6, 6.07) is 17.6. The molecule has 1 atom stereocenters. The van der Waals surface area contributed by atoms with E-state index in [9.17, 15) is 9.59 Å². The highest BCUT2D eigenvalue weighted by atomic mass is 16.2. The molecule has 0 aliphatic heterocycles. The number of rotatable bonds is 9. The summed E-state index contributed by atoms with van der Waals surface area (Å²) in [5.41, 5.74) is 3.34. The van der Waals surface area contributed by atoms with Crippen LogP contribution >= 0.6 is 0 Å². The smallest absolute Gasteiger partial charge is 0.242 e. The van der Waals surface area contributed by atoms with Crippen LogP contribution in [0.3, 0.4) is 0 Å². The van der Waals surface area contributed by atoms with Crippen molar-refractivity contribution in [1.82, 2.24) is 10.2 Å². The third kappa shape index (κ3) is 5.95. The van der Waals surface area contributed by atoms with Crippen molar-refractivity contribution in [1.29, 1.82) is 0 Å². The van der Waals surface area contributed by atoms with Crippen LogP contribution in [-0.2, 0) is 22.6 Å². The van der Waals surface area contributed by atoms with Gasteiger partial charge in [-0.05, 0) is 43.4 Å². The number of benzene rings is 2. The van der Waals surface area contributed by atoms with E-state index < -0.39 is 6.04 Å². The molecule has 0 aliphatic rings.